The summed E-state index contributed by atoms with van der Waals surface area (Å²) in [5.74, 6) is 1.97. The Morgan fingerprint density at radius 2 is 2.24 bits per heavy atom. The molecule has 0 radical (unpaired) electrons. The van der Waals surface area contributed by atoms with E-state index < -0.39 is 0 Å². The monoisotopic (exact) mass is 235 g/mol. The average molecular weight is 235 g/mol. The van der Waals surface area contributed by atoms with Crippen LogP contribution in [0, 0.1) is 0 Å². The predicted octanol–water partition coefficient (Wildman–Crippen LogP) is 0.608. The van der Waals surface area contributed by atoms with Crippen molar-refractivity contribution in [1.29, 1.82) is 0 Å². The lowest BCUT2D eigenvalue weighted by Crippen LogP contribution is -2.39. The minimum atomic E-state index is -0.297. The second kappa shape index (κ2) is 4.14. The zero-order chi connectivity index (χ0) is 11.8. The van der Waals surface area contributed by atoms with Gasteiger partial charge in [0, 0.05) is 25.1 Å². The van der Waals surface area contributed by atoms with Gasteiger partial charge in [-0.2, -0.15) is 0 Å². The van der Waals surface area contributed by atoms with E-state index in [2.05, 4.69) is 9.97 Å². The Kier molecular flexibility index (Phi) is 2.63. The molecule has 5 heteroatoms. The van der Waals surface area contributed by atoms with Gasteiger partial charge in [0.15, 0.2) is 0 Å². The zero-order valence-electron chi connectivity index (χ0n) is 9.72. The molecule has 2 N–H and O–H groups in total. The Morgan fingerprint density at radius 3 is 2.94 bits per heavy atom. The molecule has 1 aromatic rings. The van der Waals surface area contributed by atoms with Crippen LogP contribution in [0.3, 0.4) is 0 Å². The molecule has 1 atom stereocenters. The minimum absolute atomic E-state index is 0.0861. The lowest BCUT2D eigenvalue weighted by Gasteiger charge is -2.31. The summed E-state index contributed by atoms with van der Waals surface area (Å²) in [5.41, 5.74) is -0.0861. The normalized spacial score (nSPS) is 25.0. The number of aromatic nitrogens is 2. The van der Waals surface area contributed by atoms with E-state index in [-0.39, 0.29) is 11.7 Å². The Bertz CT molecular complexity index is 467. The summed E-state index contributed by atoms with van der Waals surface area (Å²) in [5, 5.41) is 9.65. The van der Waals surface area contributed by atoms with Crippen LogP contribution in [-0.2, 0) is 0 Å². The molecule has 2 heterocycles. The molecule has 0 spiro atoms. The van der Waals surface area contributed by atoms with Crippen LogP contribution in [-0.4, -0.2) is 34.3 Å². The predicted molar refractivity (Wildman–Crippen MR) is 64.3 cm³/mol. The Morgan fingerprint density at radius 1 is 1.41 bits per heavy atom. The van der Waals surface area contributed by atoms with Gasteiger partial charge in [-0.1, -0.05) is 0 Å². The summed E-state index contributed by atoms with van der Waals surface area (Å²) in [6.07, 6.45) is 3.74. The van der Waals surface area contributed by atoms with Gasteiger partial charge in [0.1, 0.15) is 11.6 Å². The maximum absolute atomic E-state index is 11.6. The van der Waals surface area contributed by atoms with Gasteiger partial charge in [-0.3, -0.25) is 4.79 Å². The molecule has 2 fully saturated rings. The smallest absolute Gasteiger partial charge is 0.252 e. The molecule has 17 heavy (non-hydrogen) atoms. The van der Waals surface area contributed by atoms with Crippen LogP contribution in [0.2, 0.25) is 0 Å². The van der Waals surface area contributed by atoms with Crippen molar-refractivity contribution < 1.29 is 5.11 Å². The third kappa shape index (κ3) is 2.34. The Balaban J connectivity index is 1.88. The minimum Gasteiger partial charge on any atom is -0.391 e. The van der Waals surface area contributed by atoms with Crippen molar-refractivity contribution in [2.75, 3.05) is 18.0 Å². The largest absolute Gasteiger partial charge is 0.391 e. The van der Waals surface area contributed by atoms with Crippen LogP contribution in [0.4, 0.5) is 5.82 Å². The van der Waals surface area contributed by atoms with E-state index in [1.807, 2.05) is 4.90 Å². The fraction of sp³-hybridized carbons (Fsp3) is 0.667. The molecule has 1 saturated heterocycles. The summed E-state index contributed by atoms with van der Waals surface area (Å²) in [6.45, 7) is 1.46. The topological polar surface area (TPSA) is 69.2 Å². The first-order valence-electron chi connectivity index (χ1n) is 6.26. The molecule has 0 amide bonds. The lowest BCUT2D eigenvalue weighted by molar-refractivity contribution is 0.154. The molecule has 5 nitrogen and oxygen atoms in total. The number of aliphatic hydroxyl groups excluding tert-OH is 1. The maximum Gasteiger partial charge on any atom is 0.252 e. The van der Waals surface area contributed by atoms with Gasteiger partial charge in [-0.25, -0.2) is 4.98 Å². The number of anilines is 1. The maximum atomic E-state index is 11.6. The number of nitrogens with one attached hydrogen (secondary N) is 1. The summed E-state index contributed by atoms with van der Waals surface area (Å²) in [4.78, 5) is 20.9. The summed E-state index contributed by atoms with van der Waals surface area (Å²) < 4.78 is 0. The third-order valence-corrected chi connectivity index (χ3v) is 3.43. The Hall–Kier alpha value is -1.36. The van der Waals surface area contributed by atoms with Crippen LogP contribution in [0.5, 0.6) is 0 Å². The number of β-amino-alcohol motifs (C(OH)–C–C–N with tert-alkyl or cyclic N) is 1. The summed E-state index contributed by atoms with van der Waals surface area (Å²) >= 11 is 0. The van der Waals surface area contributed by atoms with Crippen LogP contribution < -0.4 is 10.5 Å². The summed E-state index contributed by atoms with van der Waals surface area (Å²) in [7, 11) is 0. The van der Waals surface area contributed by atoms with Gasteiger partial charge >= 0.3 is 0 Å². The van der Waals surface area contributed by atoms with E-state index in [0.717, 1.165) is 43.9 Å². The van der Waals surface area contributed by atoms with Gasteiger partial charge in [0.2, 0.25) is 0 Å². The molecular weight excluding hydrogens is 218 g/mol. The van der Waals surface area contributed by atoms with E-state index in [4.69, 9.17) is 0 Å². The van der Waals surface area contributed by atoms with Crippen molar-refractivity contribution >= 4 is 5.82 Å². The van der Waals surface area contributed by atoms with Crippen molar-refractivity contribution in [1.82, 2.24) is 9.97 Å². The number of aromatic amines is 1. The molecule has 2 aliphatic rings. The fourth-order valence-electron chi connectivity index (χ4n) is 2.34. The SMILES string of the molecule is O=c1cc(N2CCCC(O)C2)nc(C2CC2)[nH]1. The zero-order valence-corrected chi connectivity index (χ0v) is 9.72. The molecule has 1 aliphatic carbocycles. The quantitative estimate of drug-likeness (QED) is 0.788. The number of nitrogens with zero attached hydrogens (tertiary/aromatic N) is 2. The molecule has 92 valence electrons. The van der Waals surface area contributed by atoms with Gasteiger partial charge in [0.25, 0.3) is 5.56 Å². The van der Waals surface area contributed by atoms with E-state index in [1.54, 1.807) is 0 Å². The van der Waals surface area contributed by atoms with E-state index in [1.165, 1.54) is 6.07 Å². The number of rotatable bonds is 2. The van der Waals surface area contributed by atoms with Crippen molar-refractivity contribution in [2.24, 2.45) is 0 Å². The Labute approximate surface area is 99.5 Å². The van der Waals surface area contributed by atoms with Crippen LogP contribution in [0.25, 0.3) is 0 Å². The van der Waals surface area contributed by atoms with Crippen LogP contribution >= 0.6 is 0 Å². The van der Waals surface area contributed by atoms with Gasteiger partial charge < -0.3 is 15.0 Å². The molecule has 1 aliphatic heterocycles. The van der Waals surface area contributed by atoms with E-state index in [0.29, 0.717) is 12.5 Å². The van der Waals surface area contributed by atoms with Gasteiger partial charge in [0.05, 0.1) is 6.10 Å². The molecule has 3 rings (SSSR count). The van der Waals surface area contributed by atoms with Crippen molar-refractivity contribution in [3.63, 3.8) is 0 Å². The highest BCUT2D eigenvalue weighted by atomic mass is 16.3. The second-order valence-electron chi connectivity index (χ2n) is 5.01. The van der Waals surface area contributed by atoms with Crippen molar-refractivity contribution in [2.45, 2.75) is 37.7 Å². The number of piperidine rings is 1. The third-order valence-electron chi connectivity index (χ3n) is 3.43. The fourth-order valence-corrected chi connectivity index (χ4v) is 2.34. The first-order chi connectivity index (χ1) is 8.22. The number of H-pyrrole nitrogens is 1. The van der Waals surface area contributed by atoms with Crippen LogP contribution in [0.1, 0.15) is 37.4 Å². The average Bonchev–Trinajstić information content (AvgIpc) is 3.12. The number of aliphatic hydroxyl groups is 1. The molecule has 0 aromatic carbocycles. The molecular formula is C12H17N3O2. The van der Waals surface area contributed by atoms with Crippen LogP contribution in [0.15, 0.2) is 10.9 Å². The van der Waals surface area contributed by atoms with E-state index in [9.17, 15) is 9.90 Å². The first-order valence-corrected chi connectivity index (χ1v) is 6.26. The lowest BCUT2D eigenvalue weighted by atomic mass is 10.1. The second-order valence-corrected chi connectivity index (χ2v) is 5.01. The highest BCUT2D eigenvalue weighted by Gasteiger charge is 2.27. The standard InChI is InChI=1S/C12H17N3O2/c16-9-2-1-5-15(7-9)10-6-11(17)14-12(13-10)8-3-4-8/h6,8-9,16H,1-5,7H2,(H,13,14,17). The van der Waals surface area contributed by atoms with Crippen molar-refractivity contribution in [3.8, 4) is 0 Å². The molecule has 1 unspecified atom stereocenters. The number of hydrogen-bond acceptors (Lipinski definition) is 4. The van der Waals surface area contributed by atoms with E-state index >= 15 is 0 Å². The summed E-state index contributed by atoms with van der Waals surface area (Å²) in [6, 6.07) is 1.53. The number of hydrogen-bond donors (Lipinski definition) is 2. The van der Waals surface area contributed by atoms with Gasteiger partial charge in [-0.05, 0) is 25.7 Å². The van der Waals surface area contributed by atoms with Gasteiger partial charge in [-0.15, -0.1) is 0 Å². The van der Waals surface area contributed by atoms with Crippen molar-refractivity contribution in [3.05, 3.63) is 22.2 Å². The molecule has 1 saturated carbocycles. The molecule has 1 aromatic heterocycles. The highest BCUT2D eigenvalue weighted by molar-refractivity contribution is 5.38. The highest BCUT2D eigenvalue weighted by Crippen LogP contribution is 2.38. The molecule has 0 bridgehead atoms. The first kappa shape index (κ1) is 10.8.